The molecule has 0 N–H and O–H groups in total. The Bertz CT molecular complexity index is 272. The molecule has 0 aromatic rings. The van der Waals surface area contributed by atoms with Gasteiger partial charge < -0.3 is 4.90 Å². The molecule has 0 aromatic heterocycles. The van der Waals surface area contributed by atoms with Crippen LogP contribution in [0.15, 0.2) is 0 Å². The van der Waals surface area contributed by atoms with Crippen molar-refractivity contribution in [2.75, 3.05) is 33.7 Å². The van der Waals surface area contributed by atoms with Gasteiger partial charge in [-0.25, -0.2) is 0 Å². The summed E-state index contributed by atoms with van der Waals surface area (Å²) in [5.41, 5.74) is 0. The summed E-state index contributed by atoms with van der Waals surface area (Å²) < 4.78 is 0. The Labute approximate surface area is 112 Å². The normalized spacial score (nSPS) is 28.6. The molecule has 1 saturated heterocycles. The molecule has 0 aromatic carbocycles. The van der Waals surface area contributed by atoms with Crippen LogP contribution in [0.3, 0.4) is 0 Å². The Morgan fingerprint density at radius 3 is 2.61 bits per heavy atom. The molecule has 104 valence electrons. The van der Waals surface area contributed by atoms with Crippen LogP contribution in [0.4, 0.5) is 0 Å². The number of carbonyl (C=O) groups is 1. The van der Waals surface area contributed by atoms with Crippen molar-refractivity contribution >= 4 is 5.78 Å². The van der Waals surface area contributed by atoms with Gasteiger partial charge in [-0.05, 0) is 58.8 Å². The van der Waals surface area contributed by atoms with Crippen LogP contribution in [0.2, 0.25) is 0 Å². The van der Waals surface area contributed by atoms with Crippen molar-refractivity contribution in [3.05, 3.63) is 0 Å². The molecule has 1 heterocycles. The number of piperidine rings is 1. The first-order valence-electron chi connectivity index (χ1n) is 7.58. The minimum Gasteiger partial charge on any atom is -0.306 e. The van der Waals surface area contributed by atoms with Crippen molar-refractivity contribution < 1.29 is 4.79 Å². The first-order chi connectivity index (χ1) is 8.66. The lowest BCUT2D eigenvalue weighted by Crippen LogP contribution is -2.43. The topological polar surface area (TPSA) is 23.6 Å². The summed E-state index contributed by atoms with van der Waals surface area (Å²) in [6, 6.07) is 0.215. The van der Waals surface area contributed by atoms with E-state index in [9.17, 15) is 4.79 Å². The van der Waals surface area contributed by atoms with Crippen molar-refractivity contribution in [2.45, 2.75) is 51.0 Å². The Kier molecular flexibility index (Phi) is 5.19. The van der Waals surface area contributed by atoms with Gasteiger partial charge in [0.25, 0.3) is 0 Å². The Morgan fingerprint density at radius 1 is 1.17 bits per heavy atom. The first kappa shape index (κ1) is 14.0. The van der Waals surface area contributed by atoms with E-state index in [1.807, 2.05) is 0 Å². The molecule has 1 unspecified atom stereocenters. The molecule has 1 aliphatic heterocycles. The van der Waals surface area contributed by atoms with Crippen LogP contribution in [0, 0.1) is 5.92 Å². The largest absolute Gasteiger partial charge is 0.306 e. The quantitative estimate of drug-likeness (QED) is 0.719. The number of nitrogens with zero attached hydrogens (tertiary/aromatic N) is 2. The van der Waals surface area contributed by atoms with Crippen molar-refractivity contribution in [1.82, 2.24) is 9.80 Å². The molecule has 3 nitrogen and oxygen atoms in total. The Hall–Kier alpha value is -0.410. The van der Waals surface area contributed by atoms with Gasteiger partial charge >= 0.3 is 0 Å². The fraction of sp³-hybridized carbons (Fsp3) is 0.933. The van der Waals surface area contributed by atoms with Crippen molar-refractivity contribution in [2.24, 2.45) is 5.92 Å². The third kappa shape index (κ3) is 3.79. The number of hydrogen-bond acceptors (Lipinski definition) is 3. The van der Waals surface area contributed by atoms with E-state index in [4.69, 9.17) is 0 Å². The smallest absolute Gasteiger partial charge is 0.149 e. The summed E-state index contributed by atoms with van der Waals surface area (Å²) in [4.78, 5) is 16.9. The predicted molar refractivity (Wildman–Crippen MR) is 74.7 cm³/mol. The van der Waals surface area contributed by atoms with E-state index >= 15 is 0 Å². The van der Waals surface area contributed by atoms with Gasteiger partial charge in [-0.3, -0.25) is 9.69 Å². The molecule has 0 bridgehead atoms. The van der Waals surface area contributed by atoms with E-state index in [0.29, 0.717) is 5.78 Å². The van der Waals surface area contributed by atoms with Crippen molar-refractivity contribution in [3.8, 4) is 0 Å². The average molecular weight is 252 g/mol. The number of carbonyl (C=O) groups excluding carboxylic acids is 1. The molecule has 0 amide bonds. The van der Waals surface area contributed by atoms with E-state index in [-0.39, 0.29) is 6.04 Å². The maximum atomic E-state index is 12.1. The number of Topliss-reactive ketones (excluding diaryl/α,β-unsaturated/α-hetero) is 1. The SMILES string of the molecule is CN1CCC(CN(C)C2CCCCCC2=O)CC1. The number of likely N-dealkylation sites (N-methyl/N-ethyl adjacent to an activating group) is 1. The van der Waals surface area contributed by atoms with Gasteiger partial charge in [0, 0.05) is 13.0 Å². The number of rotatable bonds is 3. The van der Waals surface area contributed by atoms with Gasteiger partial charge in [-0.1, -0.05) is 12.8 Å². The fourth-order valence-corrected chi connectivity index (χ4v) is 3.39. The highest BCUT2D eigenvalue weighted by atomic mass is 16.1. The standard InChI is InChI=1S/C15H28N2O/c1-16-10-8-13(9-11-16)12-17(2)14-6-4-3-5-7-15(14)18/h13-14H,3-12H2,1-2H3. The lowest BCUT2D eigenvalue weighted by Gasteiger charge is -2.34. The van der Waals surface area contributed by atoms with Crippen LogP contribution >= 0.6 is 0 Å². The van der Waals surface area contributed by atoms with Crippen LogP contribution < -0.4 is 0 Å². The third-order valence-electron chi connectivity index (χ3n) is 4.69. The second-order valence-electron chi connectivity index (χ2n) is 6.27. The zero-order valence-electron chi connectivity index (χ0n) is 12.0. The first-order valence-corrected chi connectivity index (χ1v) is 7.58. The van der Waals surface area contributed by atoms with E-state index in [1.165, 1.54) is 38.8 Å². The number of likely N-dealkylation sites (tertiary alicyclic amines) is 1. The molecule has 2 rings (SSSR count). The summed E-state index contributed by atoms with van der Waals surface area (Å²) >= 11 is 0. The van der Waals surface area contributed by atoms with Gasteiger partial charge in [0.2, 0.25) is 0 Å². The molecule has 3 heteroatoms. The second-order valence-corrected chi connectivity index (χ2v) is 6.27. The highest BCUT2D eigenvalue weighted by Crippen LogP contribution is 2.22. The molecule has 2 aliphatic rings. The summed E-state index contributed by atoms with van der Waals surface area (Å²) in [6.45, 7) is 3.55. The maximum absolute atomic E-state index is 12.1. The van der Waals surface area contributed by atoms with Crippen LogP contribution in [0.5, 0.6) is 0 Å². The van der Waals surface area contributed by atoms with E-state index in [2.05, 4.69) is 23.9 Å². The second kappa shape index (κ2) is 6.67. The molecule has 0 radical (unpaired) electrons. The zero-order chi connectivity index (χ0) is 13.0. The zero-order valence-corrected chi connectivity index (χ0v) is 12.0. The average Bonchev–Trinajstić information content (AvgIpc) is 2.57. The maximum Gasteiger partial charge on any atom is 0.149 e. The molecule has 18 heavy (non-hydrogen) atoms. The predicted octanol–water partition coefficient (Wildman–Crippen LogP) is 2.16. The van der Waals surface area contributed by atoms with Gasteiger partial charge in [0.1, 0.15) is 5.78 Å². The lowest BCUT2D eigenvalue weighted by molar-refractivity contribution is -0.124. The summed E-state index contributed by atoms with van der Waals surface area (Å²) in [6.07, 6.45) is 8.06. The molecular weight excluding hydrogens is 224 g/mol. The minimum absolute atomic E-state index is 0.215. The highest BCUT2D eigenvalue weighted by molar-refractivity contribution is 5.84. The summed E-state index contributed by atoms with van der Waals surface area (Å²) in [7, 11) is 4.36. The van der Waals surface area contributed by atoms with Crippen molar-refractivity contribution in [3.63, 3.8) is 0 Å². The van der Waals surface area contributed by atoms with Crippen LogP contribution in [0.1, 0.15) is 44.9 Å². The molecule has 1 aliphatic carbocycles. The van der Waals surface area contributed by atoms with Gasteiger partial charge in [-0.2, -0.15) is 0 Å². The molecule has 0 spiro atoms. The molecular formula is C15H28N2O. The molecule has 1 saturated carbocycles. The number of hydrogen-bond donors (Lipinski definition) is 0. The van der Waals surface area contributed by atoms with Crippen molar-refractivity contribution in [1.29, 1.82) is 0 Å². The molecule has 1 atom stereocenters. The molecule has 2 fully saturated rings. The van der Waals surface area contributed by atoms with E-state index in [1.54, 1.807) is 0 Å². The fourth-order valence-electron chi connectivity index (χ4n) is 3.39. The summed E-state index contributed by atoms with van der Waals surface area (Å²) in [5, 5.41) is 0. The third-order valence-corrected chi connectivity index (χ3v) is 4.69. The lowest BCUT2D eigenvalue weighted by atomic mass is 9.95. The van der Waals surface area contributed by atoms with E-state index < -0.39 is 0 Å². The minimum atomic E-state index is 0.215. The summed E-state index contributed by atoms with van der Waals surface area (Å²) in [5.74, 6) is 1.28. The Balaban J connectivity index is 1.82. The van der Waals surface area contributed by atoms with Crippen LogP contribution in [-0.4, -0.2) is 55.4 Å². The van der Waals surface area contributed by atoms with Crippen LogP contribution in [-0.2, 0) is 4.79 Å². The Morgan fingerprint density at radius 2 is 1.89 bits per heavy atom. The highest BCUT2D eigenvalue weighted by Gasteiger charge is 2.27. The van der Waals surface area contributed by atoms with Crippen LogP contribution in [0.25, 0.3) is 0 Å². The monoisotopic (exact) mass is 252 g/mol. The van der Waals surface area contributed by atoms with Gasteiger partial charge in [0.05, 0.1) is 6.04 Å². The van der Waals surface area contributed by atoms with E-state index in [0.717, 1.165) is 31.7 Å². The number of ketones is 1. The van der Waals surface area contributed by atoms with Gasteiger partial charge in [-0.15, -0.1) is 0 Å². The van der Waals surface area contributed by atoms with Gasteiger partial charge in [0.15, 0.2) is 0 Å².